The highest BCUT2D eigenvalue weighted by Crippen LogP contribution is 2.23. The zero-order chi connectivity index (χ0) is 13.5. The predicted molar refractivity (Wildman–Crippen MR) is 78.6 cm³/mol. The first-order valence-electron chi connectivity index (χ1n) is 6.92. The van der Waals surface area contributed by atoms with Crippen LogP contribution in [0, 0.1) is 0 Å². The van der Waals surface area contributed by atoms with E-state index in [9.17, 15) is 4.79 Å². The Morgan fingerprint density at radius 3 is 2.84 bits per heavy atom. The molecule has 1 aliphatic rings. The number of benzene rings is 1. The van der Waals surface area contributed by atoms with Gasteiger partial charge in [0.2, 0.25) is 5.91 Å². The first-order valence-corrected chi connectivity index (χ1v) is 6.92. The molecular weight excluding hydrogens is 234 g/mol. The topological polar surface area (TPSA) is 20.3 Å². The number of hydrogen-bond acceptors (Lipinski definition) is 1. The third-order valence-electron chi connectivity index (χ3n) is 3.57. The molecule has 1 amide bonds. The molecule has 1 aliphatic heterocycles. The van der Waals surface area contributed by atoms with Crippen LogP contribution in [-0.2, 0) is 11.3 Å². The van der Waals surface area contributed by atoms with Crippen LogP contribution in [0.15, 0.2) is 55.1 Å². The fourth-order valence-corrected chi connectivity index (χ4v) is 2.57. The average molecular weight is 255 g/mol. The molecule has 0 saturated carbocycles. The van der Waals surface area contributed by atoms with Gasteiger partial charge in [-0.1, -0.05) is 55.1 Å². The lowest BCUT2D eigenvalue weighted by Gasteiger charge is -2.35. The highest BCUT2D eigenvalue weighted by atomic mass is 16.2. The molecular formula is C17H21NO. The fraction of sp³-hybridized carbons (Fsp3) is 0.353. The van der Waals surface area contributed by atoms with Crippen LogP contribution >= 0.6 is 0 Å². The highest BCUT2D eigenvalue weighted by molar-refractivity contribution is 5.77. The normalized spacial score (nSPS) is 19.9. The Kier molecular flexibility index (Phi) is 4.96. The van der Waals surface area contributed by atoms with E-state index in [1.807, 2.05) is 29.2 Å². The van der Waals surface area contributed by atoms with E-state index >= 15 is 0 Å². The lowest BCUT2D eigenvalue weighted by molar-refractivity contribution is -0.137. The van der Waals surface area contributed by atoms with E-state index in [1.165, 1.54) is 5.56 Å². The Morgan fingerprint density at radius 2 is 2.11 bits per heavy atom. The number of likely N-dealkylation sites (tertiary alicyclic amines) is 1. The molecule has 0 aliphatic carbocycles. The molecule has 100 valence electrons. The van der Waals surface area contributed by atoms with Crippen molar-refractivity contribution in [1.82, 2.24) is 4.90 Å². The van der Waals surface area contributed by atoms with Gasteiger partial charge in [-0.2, -0.15) is 0 Å². The number of allylic oxidation sites excluding steroid dienone is 2. The van der Waals surface area contributed by atoms with E-state index in [2.05, 4.69) is 24.8 Å². The molecule has 1 unspecified atom stereocenters. The molecule has 1 aromatic rings. The van der Waals surface area contributed by atoms with Gasteiger partial charge < -0.3 is 4.90 Å². The number of hydrogen-bond donors (Lipinski definition) is 0. The van der Waals surface area contributed by atoms with Gasteiger partial charge in [-0.15, -0.1) is 0 Å². The Labute approximate surface area is 115 Å². The second-order valence-electron chi connectivity index (χ2n) is 4.95. The van der Waals surface area contributed by atoms with Crippen LogP contribution in [0.2, 0.25) is 0 Å². The van der Waals surface area contributed by atoms with E-state index < -0.39 is 0 Å². The molecule has 0 radical (unpaired) electrons. The molecule has 0 spiro atoms. The standard InChI is InChI=1S/C17H21NO/c1-2-3-5-11-16-12-8-13-17(19)18(16)14-15-9-6-4-7-10-15/h2-7,9-10,16H,1,8,11-14H2/b5-3+. The van der Waals surface area contributed by atoms with Crippen LogP contribution < -0.4 is 0 Å². The van der Waals surface area contributed by atoms with E-state index in [1.54, 1.807) is 6.08 Å². The predicted octanol–water partition coefficient (Wildman–Crippen LogP) is 3.70. The maximum Gasteiger partial charge on any atom is 0.223 e. The lowest BCUT2D eigenvalue weighted by atomic mass is 9.97. The molecule has 1 fully saturated rings. The summed E-state index contributed by atoms with van der Waals surface area (Å²) in [4.78, 5) is 14.2. The third-order valence-corrected chi connectivity index (χ3v) is 3.57. The van der Waals surface area contributed by atoms with Crippen molar-refractivity contribution in [3.63, 3.8) is 0 Å². The zero-order valence-corrected chi connectivity index (χ0v) is 11.3. The number of rotatable bonds is 5. The fourth-order valence-electron chi connectivity index (χ4n) is 2.57. The van der Waals surface area contributed by atoms with Crippen LogP contribution in [0.25, 0.3) is 0 Å². The van der Waals surface area contributed by atoms with Gasteiger partial charge in [0, 0.05) is 19.0 Å². The molecule has 0 bridgehead atoms. The molecule has 19 heavy (non-hydrogen) atoms. The van der Waals surface area contributed by atoms with Crippen LogP contribution in [-0.4, -0.2) is 16.8 Å². The summed E-state index contributed by atoms with van der Waals surface area (Å²) >= 11 is 0. The van der Waals surface area contributed by atoms with Gasteiger partial charge in [-0.05, 0) is 24.8 Å². The van der Waals surface area contributed by atoms with E-state index in [0.29, 0.717) is 12.5 Å². The lowest BCUT2D eigenvalue weighted by Crippen LogP contribution is -2.42. The minimum Gasteiger partial charge on any atom is -0.335 e. The molecule has 1 saturated heterocycles. The van der Waals surface area contributed by atoms with Gasteiger partial charge in [-0.3, -0.25) is 4.79 Å². The first-order chi connectivity index (χ1) is 9.31. The summed E-state index contributed by atoms with van der Waals surface area (Å²) in [6.07, 6.45) is 9.57. The maximum atomic E-state index is 12.1. The van der Waals surface area contributed by atoms with Gasteiger partial charge >= 0.3 is 0 Å². The second kappa shape index (κ2) is 6.93. The molecule has 2 nitrogen and oxygen atoms in total. The van der Waals surface area contributed by atoms with Gasteiger partial charge in [0.15, 0.2) is 0 Å². The van der Waals surface area contributed by atoms with E-state index in [4.69, 9.17) is 0 Å². The average Bonchev–Trinajstić information content (AvgIpc) is 2.44. The third kappa shape index (κ3) is 3.82. The van der Waals surface area contributed by atoms with Gasteiger partial charge in [0.25, 0.3) is 0 Å². The van der Waals surface area contributed by atoms with Crippen molar-refractivity contribution in [2.45, 2.75) is 38.3 Å². The molecule has 0 aromatic heterocycles. The summed E-state index contributed by atoms with van der Waals surface area (Å²) in [5, 5.41) is 0. The van der Waals surface area contributed by atoms with Crippen molar-refractivity contribution in [2.75, 3.05) is 0 Å². The molecule has 2 rings (SSSR count). The van der Waals surface area contributed by atoms with Crippen LogP contribution in [0.1, 0.15) is 31.2 Å². The van der Waals surface area contributed by atoms with Crippen molar-refractivity contribution in [3.8, 4) is 0 Å². The van der Waals surface area contributed by atoms with Gasteiger partial charge in [-0.25, -0.2) is 0 Å². The minimum atomic E-state index is 0.284. The van der Waals surface area contributed by atoms with Crippen molar-refractivity contribution >= 4 is 5.91 Å². The number of nitrogens with zero attached hydrogens (tertiary/aromatic N) is 1. The monoisotopic (exact) mass is 255 g/mol. The minimum absolute atomic E-state index is 0.284. The summed E-state index contributed by atoms with van der Waals surface area (Å²) in [5.41, 5.74) is 1.20. The van der Waals surface area contributed by atoms with Crippen molar-refractivity contribution in [1.29, 1.82) is 0 Å². The largest absolute Gasteiger partial charge is 0.335 e. The van der Waals surface area contributed by atoms with Crippen molar-refractivity contribution in [3.05, 3.63) is 60.7 Å². The van der Waals surface area contributed by atoms with Crippen LogP contribution in [0.5, 0.6) is 0 Å². The van der Waals surface area contributed by atoms with Crippen molar-refractivity contribution in [2.24, 2.45) is 0 Å². The summed E-state index contributed by atoms with van der Waals surface area (Å²) in [6, 6.07) is 10.5. The SMILES string of the molecule is C=C/C=C/CC1CCCC(=O)N1Cc1ccccc1. The Balaban J connectivity index is 2.05. The Bertz CT molecular complexity index is 450. The molecule has 1 heterocycles. The zero-order valence-electron chi connectivity index (χ0n) is 11.3. The summed E-state index contributed by atoms with van der Waals surface area (Å²) in [5.74, 6) is 0.284. The van der Waals surface area contributed by atoms with Crippen LogP contribution in [0.3, 0.4) is 0 Å². The highest BCUT2D eigenvalue weighted by Gasteiger charge is 2.26. The summed E-state index contributed by atoms with van der Waals surface area (Å²) in [7, 11) is 0. The Morgan fingerprint density at radius 1 is 1.32 bits per heavy atom. The summed E-state index contributed by atoms with van der Waals surface area (Å²) < 4.78 is 0. The second-order valence-corrected chi connectivity index (χ2v) is 4.95. The van der Waals surface area contributed by atoms with Gasteiger partial charge in [0.05, 0.1) is 0 Å². The maximum absolute atomic E-state index is 12.1. The number of piperidine rings is 1. The molecule has 1 aromatic carbocycles. The van der Waals surface area contributed by atoms with Gasteiger partial charge in [0.1, 0.15) is 0 Å². The van der Waals surface area contributed by atoms with E-state index in [0.717, 1.165) is 25.8 Å². The quantitative estimate of drug-likeness (QED) is 0.735. The number of carbonyl (C=O) groups excluding carboxylic acids is 1. The van der Waals surface area contributed by atoms with Crippen molar-refractivity contribution < 1.29 is 4.79 Å². The van der Waals surface area contributed by atoms with E-state index in [-0.39, 0.29) is 5.91 Å². The smallest absolute Gasteiger partial charge is 0.223 e. The number of amides is 1. The molecule has 2 heteroatoms. The first kappa shape index (κ1) is 13.6. The number of carbonyl (C=O) groups is 1. The summed E-state index contributed by atoms with van der Waals surface area (Å²) in [6.45, 7) is 4.41. The van der Waals surface area contributed by atoms with Crippen LogP contribution in [0.4, 0.5) is 0 Å². The molecule has 1 atom stereocenters. The Hall–Kier alpha value is -1.83. The molecule has 0 N–H and O–H groups in total.